The minimum Gasteiger partial charge on any atom is -0.185 e. The summed E-state index contributed by atoms with van der Waals surface area (Å²) in [6, 6.07) is 0. The van der Waals surface area contributed by atoms with Gasteiger partial charge in [-0.1, -0.05) is 22.7 Å². The monoisotopic (exact) mass is 198 g/mol. The second-order valence-corrected chi connectivity index (χ2v) is 4.43. The Bertz CT molecular complexity index is 351. The SMILES string of the molecule is C[n+]1ccsc1-c1scc[n+]1C. The van der Waals surface area contributed by atoms with E-state index >= 15 is 0 Å². The highest BCUT2D eigenvalue weighted by molar-refractivity contribution is 7.19. The molecule has 2 aromatic heterocycles. The minimum atomic E-state index is 1.31. The molecule has 62 valence electrons. The maximum absolute atomic E-state index is 2.15. The van der Waals surface area contributed by atoms with Crippen molar-refractivity contribution >= 4 is 22.7 Å². The molecule has 0 N–H and O–H groups in total. The smallest absolute Gasteiger partial charge is 0.185 e. The van der Waals surface area contributed by atoms with Crippen LogP contribution in [0.25, 0.3) is 10.0 Å². The lowest BCUT2D eigenvalue weighted by molar-refractivity contribution is -0.684. The molecule has 0 unspecified atom stereocenters. The van der Waals surface area contributed by atoms with Crippen molar-refractivity contribution in [3.8, 4) is 10.0 Å². The van der Waals surface area contributed by atoms with E-state index in [-0.39, 0.29) is 0 Å². The molecule has 2 nitrogen and oxygen atoms in total. The van der Waals surface area contributed by atoms with E-state index in [1.807, 2.05) is 0 Å². The van der Waals surface area contributed by atoms with Gasteiger partial charge in [-0.2, -0.15) is 9.13 Å². The van der Waals surface area contributed by atoms with Crippen molar-refractivity contribution in [1.29, 1.82) is 0 Å². The van der Waals surface area contributed by atoms with E-state index in [2.05, 4.69) is 46.4 Å². The van der Waals surface area contributed by atoms with Crippen LogP contribution in [0.1, 0.15) is 0 Å². The Morgan fingerprint density at radius 2 is 1.33 bits per heavy atom. The Labute approximate surface area is 79.4 Å². The summed E-state index contributed by atoms with van der Waals surface area (Å²) >= 11 is 3.55. The summed E-state index contributed by atoms with van der Waals surface area (Å²) in [5.74, 6) is 0. The van der Waals surface area contributed by atoms with Gasteiger partial charge in [0.25, 0.3) is 0 Å². The van der Waals surface area contributed by atoms with Crippen LogP contribution in [0.5, 0.6) is 0 Å². The van der Waals surface area contributed by atoms with Gasteiger partial charge in [-0.05, 0) is 0 Å². The van der Waals surface area contributed by atoms with E-state index < -0.39 is 0 Å². The Hall–Kier alpha value is -0.740. The van der Waals surface area contributed by atoms with Crippen LogP contribution < -0.4 is 9.13 Å². The molecule has 0 aliphatic rings. The van der Waals surface area contributed by atoms with Gasteiger partial charge in [-0.15, -0.1) is 0 Å². The molecule has 0 saturated carbocycles. The Kier molecular flexibility index (Phi) is 1.94. The summed E-state index contributed by atoms with van der Waals surface area (Å²) in [4.78, 5) is 0. The highest BCUT2D eigenvalue weighted by Crippen LogP contribution is 2.19. The van der Waals surface area contributed by atoms with Crippen LogP contribution in [-0.2, 0) is 14.1 Å². The van der Waals surface area contributed by atoms with Gasteiger partial charge >= 0.3 is 10.0 Å². The molecule has 2 heterocycles. The fraction of sp³-hybridized carbons (Fsp3) is 0.250. The van der Waals surface area contributed by atoms with Crippen molar-refractivity contribution in [3.63, 3.8) is 0 Å². The van der Waals surface area contributed by atoms with E-state index in [9.17, 15) is 0 Å². The number of nitrogens with zero attached hydrogens (tertiary/aromatic N) is 2. The molecule has 12 heavy (non-hydrogen) atoms. The molecular weight excluding hydrogens is 188 g/mol. The largest absolute Gasteiger partial charge is 0.345 e. The molecular formula is C8H10N2S2+2. The third-order valence-electron chi connectivity index (χ3n) is 1.75. The zero-order valence-electron chi connectivity index (χ0n) is 7.02. The van der Waals surface area contributed by atoms with Crippen LogP contribution in [0, 0.1) is 0 Å². The van der Waals surface area contributed by atoms with Crippen LogP contribution >= 0.6 is 22.7 Å². The lowest BCUT2D eigenvalue weighted by atomic mass is 10.6. The van der Waals surface area contributed by atoms with E-state index in [4.69, 9.17) is 0 Å². The molecule has 2 rings (SSSR count). The molecule has 4 heteroatoms. The van der Waals surface area contributed by atoms with Gasteiger partial charge in [-0.3, -0.25) is 0 Å². The first-order chi connectivity index (χ1) is 5.79. The number of rotatable bonds is 1. The third kappa shape index (κ3) is 1.17. The van der Waals surface area contributed by atoms with Crippen molar-refractivity contribution in [2.45, 2.75) is 0 Å². The molecule has 0 aliphatic heterocycles. The first-order valence-corrected chi connectivity index (χ1v) is 5.41. The molecule has 0 bridgehead atoms. The average Bonchev–Trinajstić information content (AvgIpc) is 2.59. The van der Waals surface area contributed by atoms with E-state index in [1.54, 1.807) is 22.7 Å². The van der Waals surface area contributed by atoms with Gasteiger partial charge in [-0.25, -0.2) is 0 Å². The lowest BCUT2D eigenvalue weighted by Gasteiger charge is -1.84. The molecule has 0 spiro atoms. The molecule has 0 aliphatic carbocycles. The summed E-state index contributed by atoms with van der Waals surface area (Å²) in [7, 11) is 4.15. The van der Waals surface area contributed by atoms with Crippen LogP contribution in [0.2, 0.25) is 0 Å². The second-order valence-electron chi connectivity index (χ2n) is 2.64. The number of hydrogen-bond acceptors (Lipinski definition) is 2. The summed E-state index contributed by atoms with van der Waals surface area (Å²) in [5.41, 5.74) is 0. The van der Waals surface area contributed by atoms with Crippen LogP contribution in [0.15, 0.2) is 23.2 Å². The van der Waals surface area contributed by atoms with Gasteiger partial charge in [0.05, 0.1) is 10.8 Å². The number of aromatic nitrogens is 2. The van der Waals surface area contributed by atoms with Crippen molar-refractivity contribution in [3.05, 3.63) is 23.2 Å². The van der Waals surface area contributed by atoms with Crippen molar-refractivity contribution < 1.29 is 9.13 Å². The first-order valence-electron chi connectivity index (χ1n) is 3.65. The van der Waals surface area contributed by atoms with Gasteiger partial charge in [0.2, 0.25) is 0 Å². The van der Waals surface area contributed by atoms with Gasteiger partial charge < -0.3 is 0 Å². The topological polar surface area (TPSA) is 7.76 Å². The standard InChI is InChI=1S/C8H10N2S2/c1-9-3-5-11-7(9)8-10(2)4-6-12-8/h3-6H,1-2H3/q+2. The fourth-order valence-corrected chi connectivity index (χ4v) is 3.05. The first kappa shape index (κ1) is 7.89. The third-order valence-corrected chi connectivity index (χ3v) is 3.81. The van der Waals surface area contributed by atoms with Gasteiger partial charge in [0, 0.05) is 0 Å². The molecule has 0 amide bonds. The normalized spacial score (nSPS) is 10.5. The maximum atomic E-state index is 2.15. The second kappa shape index (κ2) is 2.95. The summed E-state index contributed by atoms with van der Waals surface area (Å²) in [6.45, 7) is 0. The predicted molar refractivity (Wildman–Crippen MR) is 50.0 cm³/mol. The van der Waals surface area contributed by atoms with E-state index in [0.29, 0.717) is 0 Å². The minimum absolute atomic E-state index is 1.31. The zero-order chi connectivity index (χ0) is 8.55. The summed E-state index contributed by atoms with van der Waals surface area (Å²) < 4.78 is 4.30. The Balaban J connectivity index is 2.57. The fourth-order valence-electron chi connectivity index (χ4n) is 1.08. The van der Waals surface area contributed by atoms with E-state index in [1.165, 1.54) is 10.0 Å². The summed E-state index contributed by atoms with van der Waals surface area (Å²) in [6.07, 6.45) is 4.17. The maximum Gasteiger partial charge on any atom is 0.345 e. The van der Waals surface area contributed by atoms with Crippen LogP contribution in [0.3, 0.4) is 0 Å². The number of hydrogen-bond donors (Lipinski definition) is 0. The predicted octanol–water partition coefficient (Wildman–Crippen LogP) is 1.13. The van der Waals surface area contributed by atoms with Crippen LogP contribution in [0.4, 0.5) is 0 Å². The molecule has 0 fully saturated rings. The molecule has 0 radical (unpaired) electrons. The summed E-state index contributed by atoms with van der Waals surface area (Å²) in [5, 5.41) is 6.84. The molecule has 0 atom stereocenters. The van der Waals surface area contributed by atoms with Crippen LogP contribution in [-0.4, -0.2) is 0 Å². The van der Waals surface area contributed by atoms with E-state index in [0.717, 1.165) is 0 Å². The average molecular weight is 198 g/mol. The highest BCUT2D eigenvalue weighted by atomic mass is 32.1. The molecule has 0 aromatic carbocycles. The lowest BCUT2D eigenvalue weighted by Crippen LogP contribution is -2.33. The van der Waals surface area contributed by atoms with Crippen molar-refractivity contribution in [2.24, 2.45) is 14.1 Å². The number of thiazole rings is 2. The molecule has 2 aromatic rings. The van der Waals surface area contributed by atoms with Crippen molar-refractivity contribution in [1.82, 2.24) is 0 Å². The van der Waals surface area contributed by atoms with Gasteiger partial charge in [0.1, 0.15) is 14.1 Å². The molecule has 0 saturated heterocycles. The number of aryl methyl sites for hydroxylation is 2. The van der Waals surface area contributed by atoms with Crippen molar-refractivity contribution in [2.75, 3.05) is 0 Å². The quantitative estimate of drug-likeness (QED) is 0.607. The van der Waals surface area contributed by atoms with Gasteiger partial charge in [0.15, 0.2) is 12.4 Å². The Morgan fingerprint density at radius 3 is 1.58 bits per heavy atom. The Morgan fingerprint density at radius 1 is 0.917 bits per heavy atom. The zero-order valence-corrected chi connectivity index (χ0v) is 8.65. The highest BCUT2D eigenvalue weighted by Gasteiger charge is 2.21.